The number of aryl methyl sites for hydroxylation is 3. The Labute approximate surface area is 179 Å². The zero-order valence-corrected chi connectivity index (χ0v) is 17.2. The molecule has 29 heavy (non-hydrogen) atoms. The van der Waals surface area contributed by atoms with Crippen LogP contribution in [0, 0.1) is 20.8 Å². The van der Waals surface area contributed by atoms with Gasteiger partial charge in [0.2, 0.25) is 0 Å². The molecule has 0 aromatic heterocycles. The van der Waals surface area contributed by atoms with Crippen LogP contribution in [0.15, 0.2) is 58.8 Å². The van der Waals surface area contributed by atoms with Crippen molar-refractivity contribution in [2.75, 3.05) is 5.73 Å². The second-order valence-corrected chi connectivity index (χ2v) is 7.15. The van der Waals surface area contributed by atoms with E-state index in [0.29, 0.717) is 22.4 Å². The number of aromatic hydroxyl groups is 2. The maximum Gasteiger partial charge on any atom is 0.153 e. The van der Waals surface area contributed by atoms with Gasteiger partial charge in [-0.05, 0) is 66.4 Å². The fourth-order valence-corrected chi connectivity index (χ4v) is 3.69. The fourth-order valence-electron chi connectivity index (χ4n) is 3.69. The molecule has 5 nitrogen and oxygen atoms in total. The molecule has 4 N–H and O–H groups in total. The second kappa shape index (κ2) is 7.74. The maximum absolute atomic E-state index is 10.8. The number of hydrogen-bond donors (Lipinski definition) is 3. The van der Waals surface area contributed by atoms with Crippen LogP contribution < -0.4 is 5.73 Å². The SMILES string of the molecule is Cc1cc(N)c2c(O)c(N=Nc3c(O)cc(C)c4ccccc34)c(C)cc2c1.[Cu]. The van der Waals surface area contributed by atoms with Gasteiger partial charge in [-0.3, -0.25) is 0 Å². The van der Waals surface area contributed by atoms with Crippen molar-refractivity contribution in [1.82, 2.24) is 0 Å². The van der Waals surface area contributed by atoms with E-state index in [2.05, 4.69) is 10.2 Å². The molecule has 0 aliphatic carbocycles. The minimum Gasteiger partial charge on any atom is -0.506 e. The van der Waals surface area contributed by atoms with Crippen LogP contribution in [-0.4, -0.2) is 10.2 Å². The van der Waals surface area contributed by atoms with E-state index in [1.807, 2.05) is 63.2 Å². The molecule has 0 aliphatic rings. The molecular weight excluding hydrogens is 414 g/mol. The molecule has 4 rings (SSSR count). The third-order valence-electron chi connectivity index (χ3n) is 5.00. The molecule has 0 atom stereocenters. The Morgan fingerprint density at radius 3 is 2.17 bits per heavy atom. The summed E-state index contributed by atoms with van der Waals surface area (Å²) < 4.78 is 0. The van der Waals surface area contributed by atoms with Crippen molar-refractivity contribution in [1.29, 1.82) is 0 Å². The van der Waals surface area contributed by atoms with Gasteiger partial charge in [0, 0.05) is 33.5 Å². The Balaban J connectivity index is 0.00000240. The monoisotopic (exact) mass is 434 g/mol. The quantitative estimate of drug-likeness (QED) is 0.195. The summed E-state index contributed by atoms with van der Waals surface area (Å²) in [6.45, 7) is 5.76. The standard InChI is InChI=1S/C23H21N3O2.Cu/c1-12-8-15-10-14(3)21(23(28)20(15)18(24)9-12)25-26-22-17-7-5-4-6-16(17)13(2)11-19(22)27;/h4-11,27-28H,24H2,1-3H3;. The van der Waals surface area contributed by atoms with Crippen LogP contribution in [0.5, 0.6) is 11.5 Å². The first-order valence-corrected chi connectivity index (χ1v) is 9.02. The van der Waals surface area contributed by atoms with Gasteiger partial charge >= 0.3 is 0 Å². The van der Waals surface area contributed by atoms with Crippen LogP contribution in [0.25, 0.3) is 21.5 Å². The predicted octanol–water partition coefficient (Wildman–Crippen LogP) is 6.32. The van der Waals surface area contributed by atoms with E-state index in [9.17, 15) is 10.2 Å². The number of nitrogens with two attached hydrogens (primary N) is 1. The predicted molar refractivity (Wildman–Crippen MR) is 114 cm³/mol. The maximum atomic E-state index is 10.8. The first-order chi connectivity index (χ1) is 13.4. The largest absolute Gasteiger partial charge is 0.506 e. The van der Waals surface area contributed by atoms with Crippen LogP contribution in [-0.2, 0) is 17.1 Å². The van der Waals surface area contributed by atoms with Gasteiger partial charge in [0.1, 0.15) is 17.1 Å². The number of phenolic OH excluding ortho intramolecular Hbond substituents is 2. The van der Waals surface area contributed by atoms with Gasteiger partial charge in [-0.2, -0.15) is 0 Å². The number of nitrogen functional groups attached to an aromatic ring is 1. The first kappa shape index (κ1) is 20.6. The van der Waals surface area contributed by atoms with E-state index >= 15 is 0 Å². The Morgan fingerprint density at radius 1 is 0.793 bits per heavy atom. The molecule has 4 aromatic carbocycles. The summed E-state index contributed by atoms with van der Waals surface area (Å²) >= 11 is 0. The number of rotatable bonds is 2. The van der Waals surface area contributed by atoms with Crippen LogP contribution in [0.2, 0.25) is 0 Å². The van der Waals surface area contributed by atoms with E-state index < -0.39 is 0 Å². The fraction of sp³-hybridized carbons (Fsp3) is 0.130. The molecule has 0 fully saturated rings. The number of hydrogen-bond acceptors (Lipinski definition) is 5. The van der Waals surface area contributed by atoms with Crippen molar-refractivity contribution < 1.29 is 27.3 Å². The summed E-state index contributed by atoms with van der Waals surface area (Å²) in [5.74, 6) is 0.0418. The third kappa shape index (κ3) is 3.53. The van der Waals surface area contributed by atoms with E-state index in [1.165, 1.54) is 0 Å². The smallest absolute Gasteiger partial charge is 0.153 e. The molecule has 0 unspecified atom stereocenters. The number of phenols is 2. The summed E-state index contributed by atoms with van der Waals surface area (Å²) in [7, 11) is 0. The number of benzene rings is 4. The summed E-state index contributed by atoms with van der Waals surface area (Å²) in [4.78, 5) is 0. The molecule has 6 heteroatoms. The molecule has 151 valence electrons. The van der Waals surface area contributed by atoms with E-state index in [-0.39, 0.29) is 28.6 Å². The zero-order valence-electron chi connectivity index (χ0n) is 16.3. The second-order valence-electron chi connectivity index (χ2n) is 7.15. The van der Waals surface area contributed by atoms with Gasteiger partial charge in [-0.15, -0.1) is 10.2 Å². The van der Waals surface area contributed by atoms with Crippen molar-refractivity contribution in [3.05, 3.63) is 65.2 Å². The van der Waals surface area contributed by atoms with Crippen molar-refractivity contribution >= 4 is 38.6 Å². The van der Waals surface area contributed by atoms with Gasteiger partial charge in [0.25, 0.3) is 0 Å². The Kier molecular flexibility index (Phi) is 5.51. The molecule has 4 aromatic rings. The number of fused-ring (bicyclic) bond motifs is 2. The average Bonchev–Trinajstić information content (AvgIpc) is 2.63. The van der Waals surface area contributed by atoms with Gasteiger partial charge in [-0.1, -0.05) is 30.3 Å². The molecule has 0 bridgehead atoms. The van der Waals surface area contributed by atoms with Crippen molar-refractivity contribution in [3.63, 3.8) is 0 Å². The molecule has 1 radical (unpaired) electrons. The summed E-state index contributed by atoms with van der Waals surface area (Å²) in [5, 5.41) is 33.0. The Bertz CT molecular complexity index is 1280. The first-order valence-electron chi connectivity index (χ1n) is 9.02. The Morgan fingerprint density at radius 2 is 1.45 bits per heavy atom. The van der Waals surface area contributed by atoms with Crippen LogP contribution in [0.4, 0.5) is 17.1 Å². The summed E-state index contributed by atoms with van der Waals surface area (Å²) in [6, 6.07) is 15.1. The molecule has 0 aliphatic heterocycles. The minimum atomic E-state index is -0.00726. The molecule has 0 amide bonds. The molecule has 0 heterocycles. The summed E-state index contributed by atoms with van der Waals surface area (Å²) in [5.41, 5.74) is 10.1. The van der Waals surface area contributed by atoms with Crippen LogP contribution in [0.3, 0.4) is 0 Å². The molecule has 0 spiro atoms. The van der Waals surface area contributed by atoms with Gasteiger partial charge in [-0.25, -0.2) is 0 Å². The van der Waals surface area contributed by atoms with E-state index in [1.54, 1.807) is 6.07 Å². The topological polar surface area (TPSA) is 91.2 Å². The molecule has 0 saturated carbocycles. The third-order valence-corrected chi connectivity index (χ3v) is 5.00. The van der Waals surface area contributed by atoms with Crippen molar-refractivity contribution in [3.8, 4) is 11.5 Å². The average molecular weight is 435 g/mol. The van der Waals surface area contributed by atoms with E-state index in [0.717, 1.165) is 32.8 Å². The molecule has 0 saturated heterocycles. The number of nitrogens with zero attached hydrogens (tertiary/aromatic N) is 2. The summed E-state index contributed by atoms with van der Waals surface area (Å²) in [6.07, 6.45) is 0. The normalized spacial score (nSPS) is 11.3. The minimum absolute atomic E-state index is 0. The number of azo groups is 1. The Hall–Kier alpha value is -3.08. The van der Waals surface area contributed by atoms with Gasteiger partial charge in [0.05, 0.1) is 0 Å². The van der Waals surface area contributed by atoms with Gasteiger partial charge < -0.3 is 15.9 Å². The van der Waals surface area contributed by atoms with Crippen LogP contribution >= 0.6 is 0 Å². The van der Waals surface area contributed by atoms with E-state index in [4.69, 9.17) is 5.73 Å². The van der Waals surface area contributed by atoms with Crippen molar-refractivity contribution in [2.45, 2.75) is 20.8 Å². The molecular formula is C23H21CuN3O2. The van der Waals surface area contributed by atoms with Crippen molar-refractivity contribution in [2.24, 2.45) is 10.2 Å². The zero-order chi connectivity index (χ0) is 20.0. The van der Waals surface area contributed by atoms with Gasteiger partial charge in [0.15, 0.2) is 5.75 Å². The van der Waals surface area contributed by atoms with Crippen LogP contribution in [0.1, 0.15) is 16.7 Å². The number of anilines is 1.